The molecule has 1 aliphatic carbocycles. The zero-order valence-corrected chi connectivity index (χ0v) is 16.1. The molecular formula is C23H27N3O2. The highest BCUT2D eigenvalue weighted by molar-refractivity contribution is 6.05. The van der Waals surface area contributed by atoms with Crippen LogP contribution in [-0.2, 0) is 0 Å². The molecule has 3 aliphatic rings. The van der Waals surface area contributed by atoms with E-state index in [0.29, 0.717) is 18.2 Å². The number of aromatic nitrogens is 1. The third kappa shape index (κ3) is 2.85. The van der Waals surface area contributed by atoms with Gasteiger partial charge in [0.1, 0.15) is 5.69 Å². The summed E-state index contributed by atoms with van der Waals surface area (Å²) in [5.74, 6) is 0.988. The molecule has 0 radical (unpaired) electrons. The Balaban J connectivity index is 1.47. The predicted octanol–water partition coefficient (Wildman–Crippen LogP) is 3.06. The standard InChI is InChI=1S/C23H27N3O2/c27-15-21-22-17-9-3-4-11-19(17)26(23(28)18-10-5-6-12-24-18)14-20(22)25(21)13-16-7-1-2-8-16/h3-6,9-12,16,20-22,27H,1-2,7-8,13-15H2/t20-,21+,22+/m0/s1. The Morgan fingerprint density at radius 1 is 1.11 bits per heavy atom. The van der Waals surface area contributed by atoms with E-state index in [1.165, 1.54) is 31.2 Å². The molecule has 5 nitrogen and oxygen atoms in total. The number of anilines is 1. The van der Waals surface area contributed by atoms with Gasteiger partial charge in [-0.15, -0.1) is 0 Å². The number of amides is 1. The second-order valence-electron chi connectivity index (χ2n) is 8.38. The highest BCUT2D eigenvalue weighted by atomic mass is 16.3. The number of aliphatic hydroxyl groups excluding tert-OH is 1. The normalized spacial score (nSPS) is 27.2. The van der Waals surface area contributed by atoms with Gasteiger partial charge in [-0.25, -0.2) is 0 Å². The minimum Gasteiger partial charge on any atom is -0.395 e. The number of fused-ring (bicyclic) bond motifs is 3. The fraction of sp³-hybridized carbons (Fsp3) is 0.478. The Kier molecular flexibility index (Phi) is 4.65. The highest BCUT2D eigenvalue weighted by Gasteiger charge is 2.53. The summed E-state index contributed by atoms with van der Waals surface area (Å²) in [6, 6.07) is 14.1. The molecule has 2 aromatic rings. The van der Waals surface area contributed by atoms with E-state index < -0.39 is 0 Å². The molecule has 0 bridgehead atoms. The van der Waals surface area contributed by atoms with Crippen LogP contribution >= 0.6 is 0 Å². The lowest BCUT2D eigenvalue weighted by Crippen LogP contribution is -2.69. The van der Waals surface area contributed by atoms with Crippen molar-refractivity contribution in [1.82, 2.24) is 9.88 Å². The van der Waals surface area contributed by atoms with E-state index in [1.54, 1.807) is 12.3 Å². The zero-order chi connectivity index (χ0) is 19.1. The fourth-order valence-electron chi connectivity index (χ4n) is 5.55. The number of carbonyl (C=O) groups is 1. The second-order valence-corrected chi connectivity index (χ2v) is 8.38. The van der Waals surface area contributed by atoms with Crippen molar-refractivity contribution >= 4 is 11.6 Å². The maximum atomic E-state index is 13.2. The predicted molar refractivity (Wildman–Crippen MR) is 108 cm³/mol. The molecular weight excluding hydrogens is 350 g/mol. The van der Waals surface area contributed by atoms with Gasteiger partial charge in [0.25, 0.3) is 5.91 Å². The molecule has 1 saturated carbocycles. The van der Waals surface area contributed by atoms with Gasteiger partial charge in [-0.05, 0) is 42.5 Å². The van der Waals surface area contributed by atoms with Crippen LogP contribution in [0.4, 0.5) is 5.69 Å². The number of rotatable bonds is 4. The van der Waals surface area contributed by atoms with E-state index in [2.05, 4.69) is 16.0 Å². The molecule has 5 rings (SSSR count). The number of para-hydroxylation sites is 1. The van der Waals surface area contributed by atoms with Crippen molar-refractivity contribution in [3.05, 3.63) is 59.9 Å². The van der Waals surface area contributed by atoms with Gasteiger partial charge < -0.3 is 10.0 Å². The molecule has 1 amide bonds. The quantitative estimate of drug-likeness (QED) is 0.890. The Labute approximate surface area is 166 Å². The average molecular weight is 377 g/mol. The summed E-state index contributed by atoms with van der Waals surface area (Å²) < 4.78 is 0. The van der Waals surface area contributed by atoms with Crippen LogP contribution < -0.4 is 4.90 Å². The molecule has 0 unspecified atom stereocenters. The summed E-state index contributed by atoms with van der Waals surface area (Å²) in [6.45, 7) is 1.89. The Bertz CT molecular complexity index is 850. The number of benzene rings is 1. The topological polar surface area (TPSA) is 56.7 Å². The molecule has 1 saturated heterocycles. The molecule has 146 valence electrons. The second kappa shape index (κ2) is 7.30. The van der Waals surface area contributed by atoms with Crippen LogP contribution in [0.25, 0.3) is 0 Å². The lowest BCUT2D eigenvalue weighted by atomic mass is 9.71. The van der Waals surface area contributed by atoms with Crippen LogP contribution in [-0.4, -0.2) is 52.7 Å². The number of aliphatic hydroxyl groups is 1. The summed E-state index contributed by atoms with van der Waals surface area (Å²) in [5.41, 5.74) is 2.64. The lowest BCUT2D eigenvalue weighted by Gasteiger charge is -2.59. The van der Waals surface area contributed by atoms with Crippen LogP contribution in [0, 0.1) is 5.92 Å². The Morgan fingerprint density at radius 2 is 1.89 bits per heavy atom. The maximum Gasteiger partial charge on any atom is 0.276 e. The molecule has 3 atom stereocenters. The lowest BCUT2D eigenvalue weighted by molar-refractivity contribution is -0.0513. The SMILES string of the molecule is O=C(c1ccccn1)N1C[C@H]2[C@@H](c3ccccc31)[C@@H](CO)N2CC1CCCC1. The van der Waals surface area contributed by atoms with E-state index in [4.69, 9.17) is 0 Å². The molecule has 2 fully saturated rings. The summed E-state index contributed by atoms with van der Waals surface area (Å²) in [4.78, 5) is 21.9. The third-order valence-corrected chi connectivity index (χ3v) is 6.90. The van der Waals surface area contributed by atoms with Gasteiger partial charge in [0.2, 0.25) is 0 Å². The molecule has 28 heavy (non-hydrogen) atoms. The maximum absolute atomic E-state index is 13.2. The first-order valence-electron chi connectivity index (χ1n) is 10.5. The first kappa shape index (κ1) is 17.8. The number of pyridine rings is 1. The van der Waals surface area contributed by atoms with Gasteiger partial charge >= 0.3 is 0 Å². The van der Waals surface area contributed by atoms with Crippen molar-refractivity contribution in [3.63, 3.8) is 0 Å². The molecule has 1 aromatic carbocycles. The monoisotopic (exact) mass is 377 g/mol. The Hall–Kier alpha value is -2.24. The van der Waals surface area contributed by atoms with E-state index >= 15 is 0 Å². The molecule has 3 heterocycles. The summed E-state index contributed by atoms with van der Waals surface area (Å²) >= 11 is 0. The van der Waals surface area contributed by atoms with Crippen molar-refractivity contribution in [2.24, 2.45) is 5.92 Å². The Morgan fingerprint density at radius 3 is 2.64 bits per heavy atom. The summed E-state index contributed by atoms with van der Waals surface area (Å²) in [5, 5.41) is 10.1. The fourth-order valence-corrected chi connectivity index (χ4v) is 5.55. The molecule has 1 aromatic heterocycles. The third-order valence-electron chi connectivity index (χ3n) is 6.90. The number of nitrogens with zero attached hydrogens (tertiary/aromatic N) is 3. The molecule has 2 aliphatic heterocycles. The first-order chi connectivity index (χ1) is 13.8. The molecule has 0 spiro atoms. The first-order valence-corrected chi connectivity index (χ1v) is 10.5. The minimum absolute atomic E-state index is 0.0419. The van der Waals surface area contributed by atoms with Crippen molar-refractivity contribution in [2.45, 2.75) is 43.7 Å². The van der Waals surface area contributed by atoms with Crippen LogP contribution in [0.1, 0.15) is 47.7 Å². The van der Waals surface area contributed by atoms with Crippen molar-refractivity contribution < 1.29 is 9.90 Å². The van der Waals surface area contributed by atoms with E-state index in [-0.39, 0.29) is 24.6 Å². The van der Waals surface area contributed by atoms with E-state index in [9.17, 15) is 9.90 Å². The van der Waals surface area contributed by atoms with Crippen molar-refractivity contribution in [2.75, 3.05) is 24.6 Å². The number of carbonyl (C=O) groups excluding carboxylic acids is 1. The van der Waals surface area contributed by atoms with Crippen LogP contribution in [0.3, 0.4) is 0 Å². The van der Waals surface area contributed by atoms with Gasteiger partial charge in [-0.2, -0.15) is 0 Å². The molecule has 5 heteroatoms. The van der Waals surface area contributed by atoms with Gasteiger partial charge in [-0.3, -0.25) is 14.7 Å². The van der Waals surface area contributed by atoms with Crippen LogP contribution in [0.2, 0.25) is 0 Å². The average Bonchev–Trinajstić information content (AvgIpc) is 3.25. The number of likely N-dealkylation sites (tertiary alicyclic amines) is 1. The van der Waals surface area contributed by atoms with Crippen LogP contribution in [0.15, 0.2) is 48.7 Å². The van der Waals surface area contributed by atoms with Crippen LogP contribution in [0.5, 0.6) is 0 Å². The molecule has 1 N–H and O–H groups in total. The van der Waals surface area contributed by atoms with E-state index in [0.717, 1.165) is 18.2 Å². The zero-order valence-electron chi connectivity index (χ0n) is 16.1. The summed E-state index contributed by atoms with van der Waals surface area (Å²) in [7, 11) is 0. The largest absolute Gasteiger partial charge is 0.395 e. The smallest absolute Gasteiger partial charge is 0.276 e. The minimum atomic E-state index is -0.0419. The van der Waals surface area contributed by atoms with Crippen molar-refractivity contribution in [3.8, 4) is 0 Å². The van der Waals surface area contributed by atoms with Gasteiger partial charge in [-0.1, -0.05) is 37.1 Å². The highest BCUT2D eigenvalue weighted by Crippen LogP contribution is 2.49. The van der Waals surface area contributed by atoms with E-state index in [1.807, 2.05) is 35.2 Å². The van der Waals surface area contributed by atoms with Gasteiger partial charge in [0, 0.05) is 43.0 Å². The van der Waals surface area contributed by atoms with Gasteiger partial charge in [0.15, 0.2) is 0 Å². The van der Waals surface area contributed by atoms with Gasteiger partial charge in [0.05, 0.1) is 6.61 Å². The number of hydrogen-bond donors (Lipinski definition) is 1. The number of hydrogen-bond acceptors (Lipinski definition) is 4. The van der Waals surface area contributed by atoms with Crippen molar-refractivity contribution in [1.29, 1.82) is 0 Å². The summed E-state index contributed by atoms with van der Waals surface area (Å²) in [6.07, 6.45) is 6.90.